The molecule has 0 saturated carbocycles. The molecule has 0 bridgehead atoms. The molecule has 0 atom stereocenters. The highest BCUT2D eigenvalue weighted by Gasteiger charge is 2.10. The minimum Gasteiger partial charge on any atom is -0.361 e. The largest absolute Gasteiger partial charge is 0.361 e. The predicted octanol–water partition coefficient (Wildman–Crippen LogP) is 4.70. The van der Waals surface area contributed by atoms with Gasteiger partial charge in [0.25, 0.3) is 0 Å². The average molecular weight is 289 g/mol. The van der Waals surface area contributed by atoms with Gasteiger partial charge in [-0.25, -0.2) is 4.98 Å². The van der Waals surface area contributed by atoms with Crippen LogP contribution in [0, 0.1) is 12.8 Å². The number of nitrogens with one attached hydrogen (secondary N) is 1. The van der Waals surface area contributed by atoms with Crippen LogP contribution >= 0.6 is 11.3 Å². The summed E-state index contributed by atoms with van der Waals surface area (Å²) in [7, 11) is 0. The fourth-order valence-electron chi connectivity index (χ4n) is 1.94. The van der Waals surface area contributed by atoms with Crippen LogP contribution in [-0.2, 0) is 0 Å². The molecular formula is C16H23N3S. The topological polar surface area (TPSA) is 37.8 Å². The lowest BCUT2D eigenvalue weighted by Gasteiger charge is -2.08. The number of hydrogen-bond donors (Lipinski definition) is 1. The highest BCUT2D eigenvalue weighted by molar-refractivity contribution is 7.14. The summed E-state index contributed by atoms with van der Waals surface area (Å²) >= 11 is 1.66. The van der Waals surface area contributed by atoms with Crippen molar-refractivity contribution >= 4 is 16.5 Å². The first-order valence-corrected chi connectivity index (χ1v) is 8.02. The zero-order valence-corrected chi connectivity index (χ0v) is 13.7. The third-order valence-electron chi connectivity index (χ3n) is 3.14. The van der Waals surface area contributed by atoms with Gasteiger partial charge in [0.05, 0.1) is 5.69 Å². The lowest BCUT2D eigenvalue weighted by Crippen LogP contribution is -2.07. The van der Waals surface area contributed by atoms with E-state index in [0.717, 1.165) is 34.3 Å². The summed E-state index contributed by atoms with van der Waals surface area (Å²) in [5.41, 5.74) is 4.33. The van der Waals surface area contributed by atoms with Crippen LogP contribution in [0.3, 0.4) is 0 Å². The Morgan fingerprint density at radius 2 is 1.90 bits per heavy atom. The summed E-state index contributed by atoms with van der Waals surface area (Å²) in [6.45, 7) is 11.7. The van der Waals surface area contributed by atoms with Crippen molar-refractivity contribution < 1.29 is 0 Å². The minimum absolute atomic E-state index is 0.460. The molecule has 20 heavy (non-hydrogen) atoms. The number of hydrogen-bond acceptors (Lipinski definition) is 4. The third kappa shape index (κ3) is 3.57. The summed E-state index contributed by atoms with van der Waals surface area (Å²) in [4.78, 5) is 9.33. The van der Waals surface area contributed by atoms with Crippen molar-refractivity contribution in [2.24, 2.45) is 5.92 Å². The van der Waals surface area contributed by atoms with E-state index in [1.807, 2.05) is 0 Å². The van der Waals surface area contributed by atoms with Gasteiger partial charge in [-0.05, 0) is 30.9 Å². The lowest BCUT2D eigenvalue weighted by molar-refractivity contribution is 0.688. The fourth-order valence-corrected chi connectivity index (χ4v) is 2.66. The zero-order valence-electron chi connectivity index (χ0n) is 12.9. The molecule has 0 radical (unpaired) electrons. The molecule has 0 aliphatic rings. The van der Waals surface area contributed by atoms with Crippen LogP contribution in [-0.4, -0.2) is 16.5 Å². The number of aromatic nitrogens is 2. The Bertz CT molecular complexity index is 573. The van der Waals surface area contributed by atoms with Crippen LogP contribution < -0.4 is 5.32 Å². The van der Waals surface area contributed by atoms with Gasteiger partial charge in [0, 0.05) is 28.9 Å². The van der Waals surface area contributed by atoms with Gasteiger partial charge in [0.15, 0.2) is 5.13 Å². The maximum atomic E-state index is 4.68. The first-order valence-electron chi connectivity index (χ1n) is 7.14. The Balaban J connectivity index is 2.19. The van der Waals surface area contributed by atoms with Crippen molar-refractivity contribution in [1.82, 2.24) is 9.97 Å². The predicted molar refractivity (Wildman–Crippen MR) is 87.5 cm³/mol. The molecule has 3 nitrogen and oxygen atoms in total. The van der Waals surface area contributed by atoms with Crippen LogP contribution in [0.4, 0.5) is 5.13 Å². The van der Waals surface area contributed by atoms with E-state index in [1.54, 1.807) is 11.3 Å². The van der Waals surface area contributed by atoms with Crippen LogP contribution in [0.25, 0.3) is 11.3 Å². The van der Waals surface area contributed by atoms with Gasteiger partial charge >= 0.3 is 0 Å². The summed E-state index contributed by atoms with van der Waals surface area (Å²) in [5.74, 6) is 1.08. The number of aryl methyl sites for hydroxylation is 1. The van der Waals surface area contributed by atoms with Gasteiger partial charge in [-0.3, -0.25) is 4.98 Å². The average Bonchev–Trinajstić information content (AvgIpc) is 2.84. The van der Waals surface area contributed by atoms with Crippen LogP contribution in [0.5, 0.6) is 0 Å². The molecule has 2 rings (SSSR count). The van der Waals surface area contributed by atoms with Crippen LogP contribution in [0.1, 0.15) is 45.0 Å². The highest BCUT2D eigenvalue weighted by Crippen LogP contribution is 2.28. The standard InChI is InChI=1S/C16H23N3S/c1-10(2)8-17-16-19-15(9-20-16)13-6-7-14(11(3)4)18-12(13)5/h6-7,9-11H,8H2,1-5H3,(H,17,19). The Labute approximate surface area is 125 Å². The van der Waals surface area contributed by atoms with Crippen molar-refractivity contribution in [3.8, 4) is 11.3 Å². The molecule has 0 amide bonds. The van der Waals surface area contributed by atoms with Gasteiger partial charge in [0.1, 0.15) is 0 Å². The highest BCUT2D eigenvalue weighted by atomic mass is 32.1. The Hall–Kier alpha value is -1.42. The van der Waals surface area contributed by atoms with Gasteiger partial charge in [-0.2, -0.15) is 0 Å². The van der Waals surface area contributed by atoms with Crippen LogP contribution in [0.15, 0.2) is 17.5 Å². The van der Waals surface area contributed by atoms with Crippen molar-refractivity contribution in [2.75, 3.05) is 11.9 Å². The maximum Gasteiger partial charge on any atom is 0.183 e. The molecule has 1 N–H and O–H groups in total. The Morgan fingerprint density at radius 3 is 2.50 bits per heavy atom. The van der Waals surface area contributed by atoms with Gasteiger partial charge in [0.2, 0.25) is 0 Å². The first-order chi connectivity index (χ1) is 9.47. The number of thiazole rings is 1. The molecule has 0 unspecified atom stereocenters. The summed E-state index contributed by atoms with van der Waals surface area (Å²) in [6.07, 6.45) is 0. The molecule has 0 aromatic carbocycles. The molecule has 0 saturated heterocycles. The van der Waals surface area contributed by atoms with E-state index in [1.165, 1.54) is 0 Å². The molecule has 0 aliphatic carbocycles. The quantitative estimate of drug-likeness (QED) is 0.866. The van der Waals surface area contributed by atoms with Crippen molar-refractivity contribution in [2.45, 2.75) is 40.5 Å². The molecule has 4 heteroatoms. The van der Waals surface area contributed by atoms with E-state index in [2.05, 4.69) is 67.4 Å². The fraction of sp³-hybridized carbons (Fsp3) is 0.500. The number of rotatable bonds is 5. The van der Waals surface area contributed by atoms with Crippen LogP contribution in [0.2, 0.25) is 0 Å². The van der Waals surface area contributed by atoms with E-state index in [9.17, 15) is 0 Å². The van der Waals surface area contributed by atoms with Gasteiger partial charge in [-0.15, -0.1) is 11.3 Å². The SMILES string of the molecule is Cc1nc(C(C)C)ccc1-c1csc(NCC(C)C)n1. The second-order valence-corrected chi connectivity index (χ2v) is 6.69. The molecule has 0 aliphatic heterocycles. The maximum absolute atomic E-state index is 4.68. The van der Waals surface area contributed by atoms with E-state index in [4.69, 9.17) is 0 Å². The Morgan fingerprint density at radius 1 is 1.15 bits per heavy atom. The molecular weight excluding hydrogens is 266 g/mol. The number of anilines is 1. The number of nitrogens with zero attached hydrogens (tertiary/aromatic N) is 2. The lowest BCUT2D eigenvalue weighted by atomic mass is 10.1. The van der Waals surface area contributed by atoms with Crippen molar-refractivity contribution in [3.63, 3.8) is 0 Å². The molecule has 0 spiro atoms. The molecule has 2 aromatic heterocycles. The molecule has 0 fully saturated rings. The van der Waals surface area contributed by atoms with Gasteiger partial charge in [-0.1, -0.05) is 27.7 Å². The second-order valence-electron chi connectivity index (χ2n) is 5.84. The monoisotopic (exact) mass is 289 g/mol. The summed E-state index contributed by atoms with van der Waals surface area (Å²) < 4.78 is 0. The van der Waals surface area contributed by atoms with Crippen molar-refractivity contribution in [1.29, 1.82) is 0 Å². The first kappa shape index (κ1) is 15.0. The molecule has 2 heterocycles. The summed E-state index contributed by atoms with van der Waals surface area (Å²) in [5, 5.41) is 6.46. The van der Waals surface area contributed by atoms with E-state index in [-0.39, 0.29) is 0 Å². The number of pyridine rings is 1. The second kappa shape index (κ2) is 6.35. The zero-order chi connectivity index (χ0) is 14.7. The molecule has 2 aromatic rings. The van der Waals surface area contributed by atoms with E-state index in [0.29, 0.717) is 11.8 Å². The van der Waals surface area contributed by atoms with E-state index < -0.39 is 0 Å². The Kier molecular flexibility index (Phi) is 4.76. The van der Waals surface area contributed by atoms with Gasteiger partial charge < -0.3 is 5.32 Å². The van der Waals surface area contributed by atoms with E-state index >= 15 is 0 Å². The summed E-state index contributed by atoms with van der Waals surface area (Å²) in [6, 6.07) is 4.24. The smallest absolute Gasteiger partial charge is 0.183 e. The van der Waals surface area contributed by atoms with Crippen molar-refractivity contribution in [3.05, 3.63) is 28.9 Å². The minimum atomic E-state index is 0.460. The molecule has 108 valence electrons. The normalized spacial score (nSPS) is 11.3. The third-order valence-corrected chi connectivity index (χ3v) is 3.94.